The van der Waals surface area contributed by atoms with Crippen molar-refractivity contribution in [1.29, 1.82) is 0 Å². The van der Waals surface area contributed by atoms with E-state index in [2.05, 4.69) is 10.6 Å². The Labute approximate surface area is 122 Å². The first-order valence-corrected chi connectivity index (χ1v) is 8.50. The molecule has 4 fully saturated rings. The van der Waals surface area contributed by atoms with Crippen LogP contribution in [0.25, 0.3) is 0 Å². The average Bonchev–Trinajstić information content (AvgIpc) is 3.00. The monoisotopic (exact) mass is 282 g/mol. The molecule has 20 heavy (non-hydrogen) atoms. The third-order valence-corrected chi connectivity index (χ3v) is 5.66. The van der Waals surface area contributed by atoms with E-state index in [0.717, 1.165) is 24.2 Å². The molecule has 116 valence electrons. The zero-order valence-corrected chi connectivity index (χ0v) is 12.4. The average molecular weight is 282 g/mol. The minimum atomic E-state index is 0.398. The molecule has 0 aromatic carbocycles. The Kier molecular flexibility index (Phi) is 4.97. The molecule has 4 rings (SSSR count). The van der Waals surface area contributed by atoms with Crippen LogP contribution in [0.1, 0.15) is 51.4 Å². The highest BCUT2D eigenvalue weighted by molar-refractivity contribution is 4.92. The largest absolute Gasteiger partial charge is 0.396 e. The van der Waals surface area contributed by atoms with Gasteiger partial charge in [-0.25, -0.2) is 0 Å². The van der Waals surface area contributed by atoms with Gasteiger partial charge in [0.2, 0.25) is 0 Å². The second kappa shape index (κ2) is 6.73. The third-order valence-electron chi connectivity index (χ3n) is 5.66. The van der Waals surface area contributed by atoms with Gasteiger partial charge < -0.3 is 20.8 Å². The molecule has 4 N–H and O–H groups in total. The SMILES string of the molecule is OCC1C[C@H]2CC[C@@H](C1)N2.OCC1C[C@H]2CC[C@@H](C1)N2. The zero-order valence-electron chi connectivity index (χ0n) is 12.4. The van der Waals surface area contributed by atoms with Gasteiger partial charge in [0.15, 0.2) is 0 Å². The Morgan fingerprint density at radius 3 is 1.15 bits per heavy atom. The van der Waals surface area contributed by atoms with Crippen molar-refractivity contribution in [2.24, 2.45) is 11.8 Å². The molecule has 0 radical (unpaired) electrons. The quantitative estimate of drug-likeness (QED) is 0.610. The Balaban J connectivity index is 0.000000121. The third kappa shape index (κ3) is 3.53. The van der Waals surface area contributed by atoms with Crippen LogP contribution in [0.2, 0.25) is 0 Å². The molecule has 0 spiro atoms. The van der Waals surface area contributed by atoms with Crippen LogP contribution in [0.5, 0.6) is 0 Å². The summed E-state index contributed by atoms with van der Waals surface area (Å²) in [5.41, 5.74) is 0. The van der Waals surface area contributed by atoms with Gasteiger partial charge in [-0.05, 0) is 63.2 Å². The number of aliphatic hydroxyl groups excluding tert-OH is 2. The number of rotatable bonds is 2. The summed E-state index contributed by atoms with van der Waals surface area (Å²) in [5.74, 6) is 1.19. The first-order chi connectivity index (χ1) is 9.76. The zero-order chi connectivity index (χ0) is 13.9. The molecular weight excluding hydrogens is 252 g/mol. The van der Waals surface area contributed by atoms with Gasteiger partial charge in [-0.3, -0.25) is 0 Å². The van der Waals surface area contributed by atoms with Gasteiger partial charge in [0, 0.05) is 37.4 Å². The maximum Gasteiger partial charge on any atom is 0.0460 e. The summed E-state index contributed by atoms with van der Waals surface area (Å²) in [6.07, 6.45) is 10.1. The predicted molar refractivity (Wildman–Crippen MR) is 79.5 cm³/mol. The Morgan fingerprint density at radius 1 is 0.600 bits per heavy atom. The highest BCUT2D eigenvalue weighted by atomic mass is 16.3. The molecule has 4 aliphatic heterocycles. The molecule has 0 aromatic heterocycles. The maximum absolute atomic E-state index is 8.93. The molecule has 4 aliphatic rings. The Morgan fingerprint density at radius 2 is 0.900 bits per heavy atom. The molecule has 0 amide bonds. The number of fused-ring (bicyclic) bond motifs is 4. The smallest absolute Gasteiger partial charge is 0.0460 e. The minimum absolute atomic E-state index is 0.398. The van der Waals surface area contributed by atoms with Gasteiger partial charge in [-0.2, -0.15) is 0 Å². The number of aliphatic hydroxyl groups is 2. The molecule has 4 saturated heterocycles. The van der Waals surface area contributed by atoms with Crippen molar-refractivity contribution in [1.82, 2.24) is 10.6 Å². The van der Waals surface area contributed by atoms with Crippen molar-refractivity contribution < 1.29 is 10.2 Å². The fraction of sp³-hybridized carbons (Fsp3) is 1.00. The van der Waals surface area contributed by atoms with Gasteiger partial charge in [0.25, 0.3) is 0 Å². The highest BCUT2D eigenvalue weighted by Gasteiger charge is 2.33. The van der Waals surface area contributed by atoms with E-state index in [1.807, 2.05) is 0 Å². The van der Waals surface area contributed by atoms with Crippen molar-refractivity contribution in [3.63, 3.8) is 0 Å². The van der Waals surface area contributed by atoms with E-state index < -0.39 is 0 Å². The van der Waals surface area contributed by atoms with Crippen molar-refractivity contribution in [2.45, 2.75) is 75.5 Å². The molecule has 2 unspecified atom stereocenters. The van der Waals surface area contributed by atoms with Crippen LogP contribution in [-0.2, 0) is 0 Å². The molecule has 4 heterocycles. The lowest BCUT2D eigenvalue weighted by molar-refractivity contribution is 0.173. The normalized spacial score (nSPS) is 45.9. The van der Waals surface area contributed by atoms with E-state index in [1.165, 1.54) is 51.4 Å². The fourth-order valence-electron chi connectivity index (χ4n) is 4.65. The van der Waals surface area contributed by atoms with Crippen molar-refractivity contribution in [2.75, 3.05) is 13.2 Å². The van der Waals surface area contributed by atoms with E-state index in [9.17, 15) is 0 Å². The van der Waals surface area contributed by atoms with Crippen LogP contribution in [0.3, 0.4) is 0 Å². The lowest BCUT2D eigenvalue weighted by Crippen LogP contribution is -2.38. The molecule has 6 atom stereocenters. The van der Waals surface area contributed by atoms with Crippen LogP contribution in [-0.4, -0.2) is 47.6 Å². The summed E-state index contributed by atoms with van der Waals surface area (Å²) in [6.45, 7) is 0.795. The number of piperidine rings is 2. The molecule has 0 aliphatic carbocycles. The first-order valence-electron chi connectivity index (χ1n) is 8.50. The van der Waals surface area contributed by atoms with Gasteiger partial charge >= 0.3 is 0 Å². The molecule has 4 nitrogen and oxygen atoms in total. The molecule has 0 saturated carbocycles. The summed E-state index contributed by atoms with van der Waals surface area (Å²) >= 11 is 0. The summed E-state index contributed by atoms with van der Waals surface area (Å²) in [7, 11) is 0. The Hall–Kier alpha value is -0.160. The Bertz CT molecular complexity index is 259. The molecule has 4 heteroatoms. The minimum Gasteiger partial charge on any atom is -0.396 e. The van der Waals surface area contributed by atoms with Crippen molar-refractivity contribution in [3.8, 4) is 0 Å². The number of nitrogens with one attached hydrogen (secondary N) is 2. The van der Waals surface area contributed by atoms with Crippen molar-refractivity contribution >= 4 is 0 Å². The van der Waals surface area contributed by atoms with E-state index in [1.54, 1.807) is 0 Å². The molecule has 4 bridgehead atoms. The molecular formula is C16H30N2O2. The van der Waals surface area contributed by atoms with Gasteiger partial charge in [0.05, 0.1) is 0 Å². The van der Waals surface area contributed by atoms with E-state index in [-0.39, 0.29) is 0 Å². The van der Waals surface area contributed by atoms with Crippen LogP contribution in [0.4, 0.5) is 0 Å². The lowest BCUT2D eigenvalue weighted by Gasteiger charge is -2.27. The topological polar surface area (TPSA) is 64.5 Å². The second-order valence-corrected chi connectivity index (χ2v) is 7.32. The highest BCUT2D eigenvalue weighted by Crippen LogP contribution is 2.31. The van der Waals surface area contributed by atoms with Crippen molar-refractivity contribution in [3.05, 3.63) is 0 Å². The maximum atomic E-state index is 8.93. The fourth-order valence-corrected chi connectivity index (χ4v) is 4.65. The lowest BCUT2D eigenvalue weighted by atomic mass is 9.93. The van der Waals surface area contributed by atoms with E-state index in [0.29, 0.717) is 25.0 Å². The summed E-state index contributed by atoms with van der Waals surface area (Å²) < 4.78 is 0. The number of hydrogen-bond acceptors (Lipinski definition) is 4. The summed E-state index contributed by atoms with van der Waals surface area (Å²) in [4.78, 5) is 0. The van der Waals surface area contributed by atoms with E-state index >= 15 is 0 Å². The summed E-state index contributed by atoms with van der Waals surface area (Å²) in [5, 5.41) is 24.9. The predicted octanol–water partition coefficient (Wildman–Crippen LogP) is 1.02. The summed E-state index contributed by atoms with van der Waals surface area (Å²) in [6, 6.07) is 2.93. The first kappa shape index (κ1) is 14.8. The van der Waals surface area contributed by atoms with Gasteiger partial charge in [-0.15, -0.1) is 0 Å². The van der Waals surface area contributed by atoms with Gasteiger partial charge in [0.1, 0.15) is 0 Å². The van der Waals surface area contributed by atoms with Gasteiger partial charge in [-0.1, -0.05) is 0 Å². The van der Waals surface area contributed by atoms with Crippen LogP contribution in [0, 0.1) is 11.8 Å². The van der Waals surface area contributed by atoms with Crippen LogP contribution in [0.15, 0.2) is 0 Å². The number of hydrogen-bond donors (Lipinski definition) is 4. The van der Waals surface area contributed by atoms with Crippen LogP contribution < -0.4 is 10.6 Å². The standard InChI is InChI=1S/2C8H15NO/c2*10-5-6-3-7-1-2-8(4-6)9-7/h2*6-10H,1-5H2/t2*6?,7-,8+. The molecule has 0 aromatic rings. The van der Waals surface area contributed by atoms with Crippen LogP contribution >= 0.6 is 0 Å². The second-order valence-electron chi connectivity index (χ2n) is 7.32. The van der Waals surface area contributed by atoms with E-state index in [4.69, 9.17) is 10.2 Å².